The van der Waals surface area contributed by atoms with Gasteiger partial charge in [-0.2, -0.15) is 0 Å². The first kappa shape index (κ1) is 21.6. The maximum Gasteiger partial charge on any atom is 0.238 e. The molecule has 9 heteroatoms. The largest absolute Gasteiger partial charge is 0.382 e. The first-order chi connectivity index (χ1) is 12.9. The summed E-state index contributed by atoms with van der Waals surface area (Å²) in [4.78, 5) is 7.04. The van der Waals surface area contributed by atoms with E-state index in [1.807, 2.05) is 6.92 Å². The van der Waals surface area contributed by atoms with Crippen LogP contribution in [0.15, 0.2) is 34.2 Å². The number of primary sulfonamides is 1. The van der Waals surface area contributed by atoms with Crippen LogP contribution in [0.25, 0.3) is 0 Å². The van der Waals surface area contributed by atoms with E-state index >= 15 is 0 Å². The van der Waals surface area contributed by atoms with Crippen LogP contribution in [0.1, 0.15) is 18.9 Å². The Hall–Kier alpha value is -1.68. The number of ether oxygens (including phenoxy) is 2. The smallest absolute Gasteiger partial charge is 0.238 e. The lowest BCUT2D eigenvalue weighted by molar-refractivity contribution is 0.0536. The van der Waals surface area contributed by atoms with Crippen LogP contribution in [-0.2, 0) is 26.0 Å². The van der Waals surface area contributed by atoms with Crippen molar-refractivity contribution in [2.45, 2.75) is 24.8 Å². The summed E-state index contributed by atoms with van der Waals surface area (Å²) in [7, 11) is -2.00. The summed E-state index contributed by atoms with van der Waals surface area (Å²) in [5.41, 5.74) is 0.927. The average Bonchev–Trinajstić information content (AvgIpc) is 3.11. The van der Waals surface area contributed by atoms with Crippen molar-refractivity contribution in [2.75, 3.05) is 46.6 Å². The molecule has 1 aromatic rings. The summed E-state index contributed by atoms with van der Waals surface area (Å²) < 4.78 is 33.3. The number of likely N-dealkylation sites (tertiary alicyclic amines) is 1. The van der Waals surface area contributed by atoms with E-state index in [1.165, 1.54) is 12.1 Å². The second-order valence-electron chi connectivity index (χ2n) is 6.53. The molecule has 2 rings (SSSR count). The van der Waals surface area contributed by atoms with Crippen LogP contribution in [0.2, 0.25) is 0 Å². The summed E-state index contributed by atoms with van der Waals surface area (Å²) >= 11 is 0. The SMILES string of the molecule is CCNC(=NCc1ccc(S(N)(=O)=O)cc1)N1CCC(COCCOC)C1. The molecule has 1 aliphatic heterocycles. The minimum Gasteiger partial charge on any atom is -0.382 e. The van der Waals surface area contributed by atoms with Crippen LogP contribution in [0.5, 0.6) is 0 Å². The van der Waals surface area contributed by atoms with Gasteiger partial charge in [0.25, 0.3) is 0 Å². The van der Waals surface area contributed by atoms with E-state index in [-0.39, 0.29) is 4.90 Å². The quantitative estimate of drug-likeness (QED) is 0.362. The number of aliphatic imine (C=N–C) groups is 1. The van der Waals surface area contributed by atoms with E-state index in [4.69, 9.17) is 19.6 Å². The maximum absolute atomic E-state index is 11.3. The molecule has 27 heavy (non-hydrogen) atoms. The molecule has 0 bridgehead atoms. The molecule has 8 nitrogen and oxygen atoms in total. The van der Waals surface area contributed by atoms with Gasteiger partial charge in [-0.15, -0.1) is 0 Å². The minimum absolute atomic E-state index is 0.109. The fourth-order valence-corrected chi connectivity index (χ4v) is 3.45. The Bertz CT molecular complexity index is 707. The number of nitrogens with two attached hydrogens (primary N) is 1. The van der Waals surface area contributed by atoms with Crippen LogP contribution < -0.4 is 10.5 Å². The van der Waals surface area contributed by atoms with Gasteiger partial charge < -0.3 is 19.7 Å². The molecule has 1 heterocycles. The van der Waals surface area contributed by atoms with E-state index in [0.717, 1.165) is 44.2 Å². The second-order valence-corrected chi connectivity index (χ2v) is 8.09. The van der Waals surface area contributed by atoms with Crippen molar-refractivity contribution >= 4 is 16.0 Å². The number of hydrogen-bond donors (Lipinski definition) is 2. The number of nitrogens with one attached hydrogen (secondary N) is 1. The highest BCUT2D eigenvalue weighted by molar-refractivity contribution is 7.89. The second kappa shape index (κ2) is 10.6. The lowest BCUT2D eigenvalue weighted by Crippen LogP contribution is -2.40. The molecule has 3 N–H and O–H groups in total. The highest BCUT2D eigenvalue weighted by Gasteiger charge is 2.24. The van der Waals surface area contributed by atoms with Gasteiger partial charge in [-0.3, -0.25) is 0 Å². The Kier molecular flexibility index (Phi) is 8.49. The zero-order valence-corrected chi connectivity index (χ0v) is 16.9. The highest BCUT2D eigenvalue weighted by atomic mass is 32.2. The molecule has 152 valence electrons. The summed E-state index contributed by atoms with van der Waals surface area (Å²) in [5.74, 6) is 1.35. The zero-order valence-electron chi connectivity index (χ0n) is 16.1. The van der Waals surface area contributed by atoms with Gasteiger partial charge in [-0.25, -0.2) is 18.5 Å². The van der Waals surface area contributed by atoms with Gasteiger partial charge in [-0.1, -0.05) is 12.1 Å². The summed E-state index contributed by atoms with van der Waals surface area (Å²) in [6.45, 7) is 7.11. The van der Waals surface area contributed by atoms with Gasteiger partial charge in [0.05, 0.1) is 31.3 Å². The lowest BCUT2D eigenvalue weighted by atomic mass is 10.1. The Morgan fingerprint density at radius 3 is 2.70 bits per heavy atom. The molecule has 1 saturated heterocycles. The van der Waals surface area contributed by atoms with Crippen LogP contribution in [0.4, 0.5) is 0 Å². The Morgan fingerprint density at radius 1 is 1.33 bits per heavy atom. The van der Waals surface area contributed by atoms with E-state index in [9.17, 15) is 8.42 Å². The van der Waals surface area contributed by atoms with Crippen molar-refractivity contribution in [3.63, 3.8) is 0 Å². The molecule has 0 aliphatic carbocycles. The van der Waals surface area contributed by atoms with E-state index in [2.05, 4.69) is 10.2 Å². The van der Waals surface area contributed by atoms with Crippen LogP contribution in [-0.4, -0.2) is 65.8 Å². The molecular formula is C18H30N4O4S. The first-order valence-electron chi connectivity index (χ1n) is 9.15. The minimum atomic E-state index is -3.67. The van der Waals surface area contributed by atoms with Gasteiger partial charge in [0.1, 0.15) is 0 Å². The van der Waals surface area contributed by atoms with Crippen LogP contribution >= 0.6 is 0 Å². The predicted molar refractivity (Wildman–Crippen MR) is 105 cm³/mol. The third kappa shape index (κ3) is 7.10. The van der Waals surface area contributed by atoms with Crippen molar-refractivity contribution in [3.8, 4) is 0 Å². The Balaban J connectivity index is 1.92. The third-order valence-electron chi connectivity index (χ3n) is 4.37. The van der Waals surface area contributed by atoms with E-state index in [0.29, 0.717) is 25.7 Å². The number of nitrogens with zero attached hydrogens (tertiary/aromatic N) is 2. The number of benzene rings is 1. The summed E-state index contributed by atoms with van der Waals surface area (Å²) in [6.07, 6.45) is 1.07. The number of methoxy groups -OCH3 is 1. The predicted octanol–water partition coefficient (Wildman–Crippen LogP) is 0.784. The molecule has 1 unspecified atom stereocenters. The van der Waals surface area contributed by atoms with E-state index < -0.39 is 10.0 Å². The molecule has 1 atom stereocenters. The third-order valence-corrected chi connectivity index (χ3v) is 5.30. The van der Waals surface area contributed by atoms with Crippen molar-refractivity contribution in [3.05, 3.63) is 29.8 Å². The molecule has 1 aromatic carbocycles. The van der Waals surface area contributed by atoms with E-state index in [1.54, 1.807) is 19.2 Å². The highest BCUT2D eigenvalue weighted by Crippen LogP contribution is 2.17. The molecule has 0 radical (unpaired) electrons. The van der Waals surface area contributed by atoms with Crippen molar-refractivity contribution < 1.29 is 17.9 Å². The van der Waals surface area contributed by atoms with Gasteiger partial charge in [0.15, 0.2) is 5.96 Å². The summed E-state index contributed by atoms with van der Waals surface area (Å²) in [6, 6.07) is 6.50. The lowest BCUT2D eigenvalue weighted by Gasteiger charge is -2.21. The van der Waals surface area contributed by atoms with Crippen molar-refractivity contribution in [2.24, 2.45) is 16.0 Å². The molecular weight excluding hydrogens is 368 g/mol. The first-order valence-corrected chi connectivity index (χ1v) is 10.7. The zero-order chi connectivity index (χ0) is 19.7. The molecule has 0 saturated carbocycles. The number of guanidine groups is 1. The molecule has 0 spiro atoms. The Labute approximate surface area is 161 Å². The molecule has 1 aliphatic rings. The number of hydrogen-bond acceptors (Lipinski definition) is 5. The van der Waals surface area contributed by atoms with Crippen molar-refractivity contribution in [1.29, 1.82) is 0 Å². The normalized spacial score (nSPS) is 18.1. The molecule has 0 amide bonds. The Morgan fingerprint density at radius 2 is 2.07 bits per heavy atom. The number of sulfonamides is 1. The monoisotopic (exact) mass is 398 g/mol. The molecule has 0 aromatic heterocycles. The van der Waals surface area contributed by atoms with Crippen molar-refractivity contribution in [1.82, 2.24) is 10.2 Å². The summed E-state index contributed by atoms with van der Waals surface area (Å²) in [5, 5.41) is 8.45. The van der Waals surface area contributed by atoms with Gasteiger partial charge in [-0.05, 0) is 31.0 Å². The fraction of sp³-hybridized carbons (Fsp3) is 0.611. The standard InChI is InChI=1S/C18H30N4O4S/c1-3-20-18(22-9-8-16(13-22)14-26-11-10-25-2)21-12-15-4-6-17(7-5-15)27(19,23)24/h4-7,16H,3,8-14H2,1-2H3,(H,20,21)(H2,19,23,24). The van der Waals surface area contributed by atoms with Gasteiger partial charge >= 0.3 is 0 Å². The maximum atomic E-state index is 11.3. The molecule has 1 fully saturated rings. The van der Waals surface area contributed by atoms with Crippen LogP contribution in [0.3, 0.4) is 0 Å². The topological polar surface area (TPSA) is 106 Å². The fourth-order valence-electron chi connectivity index (χ4n) is 2.93. The number of rotatable bonds is 9. The van der Waals surface area contributed by atoms with Gasteiger partial charge in [0.2, 0.25) is 10.0 Å². The van der Waals surface area contributed by atoms with Crippen LogP contribution in [0, 0.1) is 5.92 Å². The van der Waals surface area contributed by atoms with Gasteiger partial charge in [0, 0.05) is 32.7 Å². The average molecular weight is 399 g/mol.